The number of piperazine rings is 1. The summed E-state index contributed by atoms with van der Waals surface area (Å²) in [5.41, 5.74) is 10.0. The second-order valence-electron chi connectivity index (χ2n) is 15.5. The number of nitriles is 1. The minimum absolute atomic E-state index is 0.530. The highest BCUT2D eigenvalue weighted by Crippen LogP contribution is 2.33. The quantitative estimate of drug-likeness (QED) is 0.0455. The number of aromatic nitrogens is 2. The second-order valence-corrected chi connectivity index (χ2v) is 16.3. The van der Waals surface area contributed by atoms with Gasteiger partial charge < -0.3 is 9.80 Å². The molecular weight excluding hydrogens is 775 g/mol. The van der Waals surface area contributed by atoms with Gasteiger partial charge in [0, 0.05) is 56.9 Å². The third kappa shape index (κ3) is 12.2. The number of aliphatic imine (C=N–C) groups is 1. The van der Waals surface area contributed by atoms with Crippen molar-refractivity contribution in [3.05, 3.63) is 126 Å². The topological polar surface area (TPSA) is 121 Å². The van der Waals surface area contributed by atoms with E-state index in [1.54, 1.807) is 6.07 Å². The number of benzene rings is 4. The van der Waals surface area contributed by atoms with Crippen molar-refractivity contribution in [3.8, 4) is 6.07 Å². The van der Waals surface area contributed by atoms with Crippen molar-refractivity contribution >= 4 is 67.9 Å². The van der Waals surface area contributed by atoms with Gasteiger partial charge in [-0.05, 0) is 147 Å². The maximum absolute atomic E-state index is 9.39. The van der Waals surface area contributed by atoms with E-state index in [9.17, 15) is 5.26 Å². The number of rotatable bonds is 19. The van der Waals surface area contributed by atoms with E-state index in [1.807, 2.05) is 49.5 Å². The first-order valence-corrected chi connectivity index (χ1v) is 22.4. The molecule has 0 amide bonds. The van der Waals surface area contributed by atoms with Crippen LogP contribution in [0.3, 0.4) is 0 Å². The van der Waals surface area contributed by atoms with E-state index in [2.05, 4.69) is 130 Å². The van der Waals surface area contributed by atoms with Crippen LogP contribution in [-0.4, -0.2) is 66.3 Å². The molecular formula is C49H55N11S. The van der Waals surface area contributed by atoms with E-state index < -0.39 is 0 Å². The summed E-state index contributed by atoms with van der Waals surface area (Å²) in [7, 11) is 0. The van der Waals surface area contributed by atoms with Gasteiger partial charge in [-0.2, -0.15) is 19.9 Å². The van der Waals surface area contributed by atoms with Gasteiger partial charge in [-0.15, -0.1) is 10.2 Å². The van der Waals surface area contributed by atoms with Crippen LogP contribution in [0, 0.1) is 18.3 Å². The zero-order valence-electron chi connectivity index (χ0n) is 35.6. The minimum atomic E-state index is 0.530. The normalized spacial score (nSPS) is 13.6. The molecule has 0 unspecified atom stereocenters. The highest BCUT2D eigenvalue weighted by atomic mass is 32.1. The summed E-state index contributed by atoms with van der Waals surface area (Å²) in [4.78, 5) is 16.6. The molecule has 0 aliphatic carbocycles. The van der Waals surface area contributed by atoms with Crippen LogP contribution < -0.4 is 9.80 Å². The summed E-state index contributed by atoms with van der Waals surface area (Å²) in [6.07, 6.45) is 10.2. The van der Waals surface area contributed by atoms with Gasteiger partial charge in [0.2, 0.25) is 0 Å². The van der Waals surface area contributed by atoms with E-state index in [0.717, 1.165) is 92.4 Å². The van der Waals surface area contributed by atoms with E-state index in [1.165, 1.54) is 60.6 Å². The first-order chi connectivity index (χ1) is 30.0. The molecule has 0 atom stereocenters. The van der Waals surface area contributed by atoms with Crippen LogP contribution in [0.2, 0.25) is 0 Å². The number of pyridine rings is 1. The number of azo groups is 2. The van der Waals surface area contributed by atoms with Crippen molar-refractivity contribution in [2.75, 3.05) is 55.6 Å². The number of nitrogens with zero attached hydrogens (tertiary/aromatic N) is 11. The lowest BCUT2D eigenvalue weighted by Gasteiger charge is -2.36. The van der Waals surface area contributed by atoms with Crippen molar-refractivity contribution in [2.24, 2.45) is 25.4 Å². The molecule has 11 nitrogen and oxygen atoms in total. The lowest BCUT2D eigenvalue weighted by Crippen LogP contribution is -2.46. The fourth-order valence-electron chi connectivity index (χ4n) is 7.41. The fourth-order valence-corrected chi connectivity index (χ4v) is 8.05. The van der Waals surface area contributed by atoms with Crippen LogP contribution in [0.25, 0.3) is 11.0 Å². The molecule has 6 aromatic rings. The average Bonchev–Trinajstić information content (AvgIpc) is 3.70. The lowest BCUT2D eigenvalue weighted by atomic mass is 10.1. The van der Waals surface area contributed by atoms with Gasteiger partial charge in [0.25, 0.3) is 0 Å². The zero-order chi connectivity index (χ0) is 42.2. The van der Waals surface area contributed by atoms with Crippen LogP contribution in [0.15, 0.2) is 129 Å². The van der Waals surface area contributed by atoms with Gasteiger partial charge in [-0.25, -0.2) is 4.98 Å². The number of anilines is 2. The Hall–Kier alpha value is -6.16. The van der Waals surface area contributed by atoms with Crippen molar-refractivity contribution in [1.82, 2.24) is 14.3 Å². The molecule has 1 aliphatic rings. The molecule has 0 bridgehead atoms. The number of hydrogen-bond acceptors (Lipinski definition) is 12. The van der Waals surface area contributed by atoms with E-state index >= 15 is 0 Å². The maximum Gasteiger partial charge on any atom is 0.175 e. The summed E-state index contributed by atoms with van der Waals surface area (Å²) < 4.78 is 4.38. The Kier molecular flexibility index (Phi) is 15.4. The molecule has 1 aliphatic heterocycles. The highest BCUT2D eigenvalue weighted by Gasteiger charge is 2.17. The van der Waals surface area contributed by atoms with E-state index in [0.29, 0.717) is 21.9 Å². The summed E-state index contributed by atoms with van der Waals surface area (Å²) in [6.45, 7) is 13.7. The average molecular weight is 830 g/mol. The zero-order valence-corrected chi connectivity index (χ0v) is 36.4. The van der Waals surface area contributed by atoms with Crippen molar-refractivity contribution in [1.29, 1.82) is 5.26 Å². The molecule has 0 radical (unpaired) electrons. The first kappa shape index (κ1) is 42.9. The largest absolute Gasteiger partial charge is 0.372 e. The number of aryl methyl sites for hydroxylation is 2. The van der Waals surface area contributed by atoms with Crippen LogP contribution in [0.4, 0.5) is 39.1 Å². The van der Waals surface area contributed by atoms with Crippen molar-refractivity contribution < 1.29 is 0 Å². The smallest absolute Gasteiger partial charge is 0.175 e. The van der Waals surface area contributed by atoms with Gasteiger partial charge in [-0.3, -0.25) is 9.89 Å². The Morgan fingerprint density at radius 2 is 1.38 bits per heavy atom. The van der Waals surface area contributed by atoms with Crippen LogP contribution in [0.5, 0.6) is 0 Å². The third-order valence-electron chi connectivity index (χ3n) is 11.0. The van der Waals surface area contributed by atoms with Gasteiger partial charge in [0.1, 0.15) is 6.07 Å². The minimum Gasteiger partial charge on any atom is -0.372 e. The maximum atomic E-state index is 9.39. The van der Waals surface area contributed by atoms with Crippen molar-refractivity contribution in [3.63, 3.8) is 0 Å². The van der Waals surface area contributed by atoms with Gasteiger partial charge in [0.05, 0.1) is 39.4 Å². The lowest BCUT2D eigenvalue weighted by molar-refractivity contribution is 0.252. The van der Waals surface area contributed by atoms with E-state index in [4.69, 9.17) is 0 Å². The molecule has 61 heavy (non-hydrogen) atoms. The monoisotopic (exact) mass is 829 g/mol. The predicted molar refractivity (Wildman–Crippen MR) is 252 cm³/mol. The summed E-state index contributed by atoms with van der Waals surface area (Å²) in [5, 5.41) is 28.7. The number of unbranched alkanes of at least 4 members (excludes halogenated alkanes) is 3. The third-order valence-corrected chi connectivity index (χ3v) is 11.7. The number of fused-ring (bicyclic) bond motifs is 1. The molecule has 3 heterocycles. The van der Waals surface area contributed by atoms with Gasteiger partial charge >= 0.3 is 0 Å². The molecule has 1 saturated heterocycles. The molecule has 0 N–H and O–H groups in total. The molecule has 312 valence electrons. The van der Waals surface area contributed by atoms with Gasteiger partial charge in [0.15, 0.2) is 10.6 Å². The summed E-state index contributed by atoms with van der Waals surface area (Å²) >= 11 is 1.24. The Balaban J connectivity index is 0.801. The fraction of sp³-hybridized carbons (Fsp3) is 0.347. The standard InChI is InChI=1S/C49H55N11S/c1-4-6-10-38-11-15-41(16-12-38)51-36-39-13-17-42(18-14-39)53-54-43-19-23-45(24-20-43)59(27-5-2)29-9-7-8-28-58-30-32-60(33-31-58)46-25-21-44(22-26-46)55-56-49-47-34-40(35-50)37(3)52-48(47)57-61-49/h11-26,34,36H,4-10,27-33H2,1-3H3. The number of hydrogen-bond donors (Lipinski definition) is 0. The Morgan fingerprint density at radius 1 is 0.721 bits per heavy atom. The van der Waals surface area contributed by atoms with Crippen LogP contribution >= 0.6 is 11.5 Å². The molecule has 2 aromatic heterocycles. The summed E-state index contributed by atoms with van der Waals surface area (Å²) in [5.74, 6) is 0. The van der Waals surface area contributed by atoms with Crippen LogP contribution in [0.1, 0.15) is 74.8 Å². The van der Waals surface area contributed by atoms with E-state index in [-0.39, 0.29) is 0 Å². The Labute approximate surface area is 364 Å². The first-order valence-electron chi connectivity index (χ1n) is 21.6. The molecule has 4 aromatic carbocycles. The molecule has 0 spiro atoms. The van der Waals surface area contributed by atoms with Crippen LogP contribution in [-0.2, 0) is 6.42 Å². The molecule has 1 fully saturated rings. The molecule has 7 rings (SSSR count). The SMILES string of the molecule is CCCCc1ccc(N=Cc2ccc(N=Nc3ccc(N(CCC)CCCCCN4CCN(c5ccc(N=Nc6snc7nc(C)c(C#N)cc67)cc5)CC4)cc3)cc2)cc1. The van der Waals surface area contributed by atoms with Gasteiger partial charge in [-0.1, -0.05) is 51.0 Å². The highest BCUT2D eigenvalue weighted by molar-refractivity contribution is 7.11. The molecule has 12 heteroatoms. The molecule has 0 saturated carbocycles. The predicted octanol–water partition coefficient (Wildman–Crippen LogP) is 13.0. The summed E-state index contributed by atoms with van der Waals surface area (Å²) in [6, 6.07) is 37.2. The van der Waals surface area contributed by atoms with Crippen molar-refractivity contribution in [2.45, 2.75) is 65.7 Å². The Bertz CT molecular complexity index is 2420. The second kappa shape index (κ2) is 21.9. The Morgan fingerprint density at radius 3 is 2.05 bits per heavy atom.